The molecular weight excluding hydrogens is 405 g/mol. The minimum Gasteiger partial charge on any atom is -0.358 e. The molecule has 0 amide bonds. The summed E-state index contributed by atoms with van der Waals surface area (Å²) < 4.78 is 14.2. The highest BCUT2D eigenvalue weighted by Crippen LogP contribution is 2.39. The van der Waals surface area contributed by atoms with Crippen molar-refractivity contribution < 1.29 is 4.39 Å². The normalized spacial score (nSPS) is 20.7. The molecule has 2 aromatic heterocycles. The van der Waals surface area contributed by atoms with E-state index in [4.69, 9.17) is 0 Å². The highest BCUT2D eigenvalue weighted by atomic mass is 79.9. The van der Waals surface area contributed by atoms with Crippen molar-refractivity contribution in [2.75, 3.05) is 20.1 Å². The second kappa shape index (κ2) is 7.56. The molecule has 0 aliphatic carbocycles. The number of pyridine rings is 1. The van der Waals surface area contributed by atoms with Crippen LogP contribution >= 0.6 is 15.9 Å². The van der Waals surface area contributed by atoms with Gasteiger partial charge in [0, 0.05) is 29.9 Å². The van der Waals surface area contributed by atoms with Crippen LogP contribution < -0.4 is 0 Å². The van der Waals surface area contributed by atoms with Crippen LogP contribution in [0.3, 0.4) is 0 Å². The first kappa shape index (κ1) is 18.4. The first-order valence-electron chi connectivity index (χ1n) is 9.30. The molecule has 4 rings (SSSR count). The van der Waals surface area contributed by atoms with Gasteiger partial charge >= 0.3 is 0 Å². The monoisotopic (exact) mass is 427 g/mol. The van der Waals surface area contributed by atoms with Gasteiger partial charge in [0.2, 0.25) is 0 Å². The summed E-state index contributed by atoms with van der Waals surface area (Å²) in [6, 6.07) is 13.0. The Hall–Kier alpha value is -1.98. The van der Waals surface area contributed by atoms with E-state index in [1.165, 1.54) is 17.8 Å². The summed E-state index contributed by atoms with van der Waals surface area (Å²) in [5.41, 5.74) is 5.52. The molecule has 5 heteroatoms. The summed E-state index contributed by atoms with van der Waals surface area (Å²) in [7, 11) is 2.19. The van der Waals surface area contributed by atoms with E-state index in [0.717, 1.165) is 46.5 Å². The molecule has 140 valence electrons. The van der Waals surface area contributed by atoms with Crippen LogP contribution in [0.5, 0.6) is 0 Å². The van der Waals surface area contributed by atoms with Crippen molar-refractivity contribution in [1.29, 1.82) is 0 Å². The number of rotatable bonds is 3. The van der Waals surface area contributed by atoms with E-state index in [0.29, 0.717) is 11.8 Å². The zero-order valence-corrected chi connectivity index (χ0v) is 17.1. The quantitative estimate of drug-likeness (QED) is 0.543. The number of halogens is 2. The Kier molecular flexibility index (Phi) is 5.15. The number of aromatic nitrogens is 2. The van der Waals surface area contributed by atoms with Gasteiger partial charge in [-0.1, -0.05) is 6.92 Å². The van der Waals surface area contributed by atoms with E-state index in [9.17, 15) is 4.39 Å². The number of nitrogens with zero attached hydrogens (tertiary/aromatic N) is 2. The molecule has 1 N–H and O–H groups in total. The average Bonchev–Trinajstić information content (AvgIpc) is 3.07. The first-order valence-corrected chi connectivity index (χ1v) is 10.1. The largest absolute Gasteiger partial charge is 0.358 e. The molecule has 0 spiro atoms. The maximum Gasteiger partial charge on any atom is 0.123 e. The summed E-state index contributed by atoms with van der Waals surface area (Å²) >= 11 is 3.47. The minimum absolute atomic E-state index is 0.220. The van der Waals surface area contributed by atoms with Gasteiger partial charge in [0.1, 0.15) is 10.4 Å². The van der Waals surface area contributed by atoms with Gasteiger partial charge in [0.25, 0.3) is 0 Å². The third-order valence-electron chi connectivity index (χ3n) is 5.52. The summed E-state index contributed by atoms with van der Waals surface area (Å²) in [5, 5.41) is 0. The predicted molar refractivity (Wildman–Crippen MR) is 111 cm³/mol. The lowest BCUT2D eigenvalue weighted by Gasteiger charge is -2.34. The average molecular weight is 428 g/mol. The fraction of sp³-hybridized carbons (Fsp3) is 0.318. The van der Waals surface area contributed by atoms with Gasteiger partial charge in [-0.2, -0.15) is 0 Å². The number of likely N-dealkylation sites (tertiary alicyclic amines) is 1. The van der Waals surface area contributed by atoms with Crippen LogP contribution in [0.2, 0.25) is 0 Å². The maximum atomic E-state index is 13.4. The van der Waals surface area contributed by atoms with Crippen molar-refractivity contribution >= 4 is 15.9 Å². The van der Waals surface area contributed by atoms with E-state index in [1.54, 1.807) is 6.20 Å². The lowest BCUT2D eigenvalue weighted by Crippen LogP contribution is -2.35. The lowest BCUT2D eigenvalue weighted by atomic mass is 9.84. The molecule has 2 atom stereocenters. The highest BCUT2D eigenvalue weighted by molar-refractivity contribution is 9.10. The Morgan fingerprint density at radius 3 is 2.63 bits per heavy atom. The predicted octanol–water partition coefficient (Wildman–Crippen LogP) is 5.70. The van der Waals surface area contributed by atoms with Crippen LogP contribution in [-0.4, -0.2) is 35.0 Å². The third kappa shape index (κ3) is 3.85. The van der Waals surface area contributed by atoms with Gasteiger partial charge in [-0.25, -0.2) is 9.37 Å². The van der Waals surface area contributed by atoms with E-state index in [2.05, 4.69) is 50.8 Å². The number of H-pyrrole nitrogens is 1. The van der Waals surface area contributed by atoms with Crippen LogP contribution in [0, 0.1) is 11.7 Å². The standard InChI is InChI=1S/C22H23BrFN3/c1-14-13-27(2)10-8-18(14)20-12-19(16-7-9-25-21(23)11-16)22(26-20)15-3-5-17(24)6-4-15/h3-7,9,11-12,14,18,26H,8,10,13H2,1-2H3/t14-,18+/m0/s1. The fourth-order valence-corrected chi connectivity index (χ4v) is 4.50. The number of hydrogen-bond acceptors (Lipinski definition) is 2. The van der Waals surface area contributed by atoms with Crippen molar-refractivity contribution in [3.05, 3.63) is 64.8 Å². The van der Waals surface area contributed by atoms with Crippen LogP contribution in [-0.2, 0) is 0 Å². The van der Waals surface area contributed by atoms with Gasteiger partial charge in [-0.15, -0.1) is 0 Å². The Labute approximate surface area is 167 Å². The lowest BCUT2D eigenvalue weighted by molar-refractivity contribution is 0.194. The van der Waals surface area contributed by atoms with Crippen molar-refractivity contribution in [2.45, 2.75) is 19.3 Å². The number of benzene rings is 1. The zero-order valence-electron chi connectivity index (χ0n) is 15.5. The third-order valence-corrected chi connectivity index (χ3v) is 5.95. The van der Waals surface area contributed by atoms with Crippen molar-refractivity contribution in [3.63, 3.8) is 0 Å². The van der Waals surface area contributed by atoms with E-state index < -0.39 is 0 Å². The van der Waals surface area contributed by atoms with Gasteiger partial charge < -0.3 is 9.88 Å². The molecule has 0 saturated carbocycles. The minimum atomic E-state index is -0.220. The van der Waals surface area contributed by atoms with E-state index in [-0.39, 0.29) is 5.82 Å². The molecule has 3 nitrogen and oxygen atoms in total. The van der Waals surface area contributed by atoms with Crippen LogP contribution in [0.25, 0.3) is 22.4 Å². The molecule has 1 aliphatic heterocycles. The molecule has 1 aromatic carbocycles. The van der Waals surface area contributed by atoms with Crippen LogP contribution in [0.15, 0.2) is 53.3 Å². The first-order chi connectivity index (χ1) is 13.0. The number of nitrogens with one attached hydrogen (secondary N) is 1. The smallest absolute Gasteiger partial charge is 0.123 e. The second-order valence-electron chi connectivity index (χ2n) is 7.52. The molecule has 1 aliphatic rings. The number of piperidine rings is 1. The number of aromatic amines is 1. The van der Waals surface area contributed by atoms with Gasteiger partial charge in [0.15, 0.2) is 0 Å². The Bertz CT molecular complexity index is 935. The molecular formula is C22H23BrFN3. The zero-order chi connectivity index (χ0) is 19.0. The van der Waals surface area contributed by atoms with E-state index >= 15 is 0 Å². The Balaban J connectivity index is 1.81. The van der Waals surface area contributed by atoms with Crippen molar-refractivity contribution in [1.82, 2.24) is 14.9 Å². The van der Waals surface area contributed by atoms with Gasteiger partial charge in [-0.05, 0) is 95.5 Å². The van der Waals surface area contributed by atoms with Gasteiger partial charge in [0.05, 0.1) is 5.69 Å². The maximum absolute atomic E-state index is 13.4. The SMILES string of the molecule is C[C@H]1CN(C)CC[C@H]1c1cc(-c2ccnc(Br)c2)c(-c2ccc(F)cc2)[nH]1. The second-order valence-corrected chi connectivity index (χ2v) is 8.33. The van der Waals surface area contributed by atoms with E-state index in [1.807, 2.05) is 24.3 Å². The molecule has 1 saturated heterocycles. The Morgan fingerprint density at radius 2 is 1.93 bits per heavy atom. The molecule has 0 radical (unpaired) electrons. The molecule has 3 heterocycles. The topological polar surface area (TPSA) is 31.9 Å². The van der Waals surface area contributed by atoms with Gasteiger partial charge in [-0.3, -0.25) is 0 Å². The molecule has 27 heavy (non-hydrogen) atoms. The fourth-order valence-electron chi connectivity index (χ4n) is 4.13. The molecule has 1 fully saturated rings. The molecule has 0 bridgehead atoms. The summed E-state index contributed by atoms with van der Waals surface area (Å²) in [4.78, 5) is 10.3. The Morgan fingerprint density at radius 1 is 1.15 bits per heavy atom. The molecule has 0 unspecified atom stereocenters. The highest BCUT2D eigenvalue weighted by Gasteiger charge is 2.28. The van der Waals surface area contributed by atoms with Crippen molar-refractivity contribution in [2.24, 2.45) is 5.92 Å². The number of hydrogen-bond donors (Lipinski definition) is 1. The summed E-state index contributed by atoms with van der Waals surface area (Å²) in [6.45, 7) is 4.53. The van der Waals surface area contributed by atoms with Crippen LogP contribution in [0.1, 0.15) is 25.0 Å². The summed E-state index contributed by atoms with van der Waals surface area (Å²) in [6.07, 6.45) is 2.94. The van der Waals surface area contributed by atoms with Crippen molar-refractivity contribution in [3.8, 4) is 22.4 Å². The van der Waals surface area contributed by atoms with Crippen LogP contribution in [0.4, 0.5) is 4.39 Å². The summed E-state index contributed by atoms with van der Waals surface area (Å²) in [5.74, 6) is 0.864. The molecule has 3 aromatic rings.